The Balaban J connectivity index is 1.42. The molecule has 5 rings (SSSR count). The third kappa shape index (κ3) is 4.19. The van der Waals surface area contributed by atoms with Crippen LogP contribution < -0.4 is 0 Å². The number of fused-ring (bicyclic) bond motifs is 1. The van der Waals surface area contributed by atoms with Gasteiger partial charge in [-0.15, -0.1) is 0 Å². The van der Waals surface area contributed by atoms with Gasteiger partial charge in [0.05, 0.1) is 17.6 Å². The highest BCUT2D eigenvalue weighted by atomic mass is 19.1. The number of halogens is 1. The van der Waals surface area contributed by atoms with Crippen LogP contribution in [0, 0.1) is 11.7 Å². The molecule has 2 aromatic heterocycles. The number of aromatic nitrogens is 4. The first-order valence-corrected chi connectivity index (χ1v) is 11.6. The van der Waals surface area contributed by atoms with Crippen molar-refractivity contribution in [2.75, 3.05) is 13.1 Å². The zero-order chi connectivity index (χ0) is 22.1. The minimum Gasteiger partial charge on any atom is -0.327 e. The van der Waals surface area contributed by atoms with Gasteiger partial charge in [0.2, 0.25) is 0 Å². The molecule has 1 saturated heterocycles. The Kier molecular flexibility index (Phi) is 5.79. The highest BCUT2D eigenvalue weighted by Crippen LogP contribution is 2.24. The lowest BCUT2D eigenvalue weighted by Gasteiger charge is -2.30. The Morgan fingerprint density at radius 1 is 1.06 bits per heavy atom. The zero-order valence-corrected chi connectivity index (χ0v) is 18.8. The van der Waals surface area contributed by atoms with E-state index in [1.54, 1.807) is 12.3 Å². The van der Waals surface area contributed by atoms with E-state index in [4.69, 9.17) is 4.98 Å². The molecule has 3 heterocycles. The number of piperidine rings is 1. The second kappa shape index (κ2) is 8.87. The van der Waals surface area contributed by atoms with Crippen LogP contribution in [0.4, 0.5) is 4.39 Å². The maximum absolute atomic E-state index is 13.7. The second-order valence-electron chi connectivity index (χ2n) is 8.94. The third-order valence-electron chi connectivity index (χ3n) is 6.60. The first kappa shape index (κ1) is 20.9. The fraction of sp³-hybridized carbons (Fsp3) is 0.385. The van der Waals surface area contributed by atoms with Crippen molar-refractivity contribution in [2.24, 2.45) is 5.92 Å². The van der Waals surface area contributed by atoms with E-state index in [9.17, 15) is 4.39 Å². The molecule has 0 saturated carbocycles. The van der Waals surface area contributed by atoms with Crippen molar-refractivity contribution < 1.29 is 4.39 Å². The summed E-state index contributed by atoms with van der Waals surface area (Å²) >= 11 is 0. The number of hydrogen-bond donors (Lipinski definition) is 0. The lowest BCUT2D eigenvalue weighted by Crippen LogP contribution is -2.32. The van der Waals surface area contributed by atoms with Gasteiger partial charge in [-0.3, -0.25) is 4.90 Å². The summed E-state index contributed by atoms with van der Waals surface area (Å²) in [6.07, 6.45) is 6.27. The number of likely N-dealkylation sites (tertiary alicyclic amines) is 1. The SMILES string of the molecule is CCn1c(Cn2ccnc2-c2cccc(F)c2)nc2cc(CN3CCC(C)CC3)ccc21. The Labute approximate surface area is 188 Å². The van der Waals surface area contributed by atoms with Crippen LogP contribution in [-0.2, 0) is 19.6 Å². The van der Waals surface area contributed by atoms with Gasteiger partial charge < -0.3 is 9.13 Å². The summed E-state index contributed by atoms with van der Waals surface area (Å²) in [6.45, 7) is 9.28. The highest BCUT2D eigenvalue weighted by molar-refractivity contribution is 5.77. The van der Waals surface area contributed by atoms with E-state index in [-0.39, 0.29) is 5.82 Å². The Morgan fingerprint density at radius 3 is 2.69 bits per heavy atom. The van der Waals surface area contributed by atoms with E-state index in [1.165, 1.54) is 43.6 Å². The van der Waals surface area contributed by atoms with Gasteiger partial charge >= 0.3 is 0 Å². The van der Waals surface area contributed by atoms with Crippen LogP contribution in [-0.4, -0.2) is 37.1 Å². The minimum absolute atomic E-state index is 0.256. The highest BCUT2D eigenvalue weighted by Gasteiger charge is 2.17. The van der Waals surface area contributed by atoms with Crippen molar-refractivity contribution in [3.05, 3.63) is 72.1 Å². The molecule has 0 radical (unpaired) electrons. The second-order valence-corrected chi connectivity index (χ2v) is 8.94. The molecule has 5 nitrogen and oxygen atoms in total. The topological polar surface area (TPSA) is 38.9 Å². The van der Waals surface area contributed by atoms with Gasteiger partial charge in [0.15, 0.2) is 0 Å². The number of benzene rings is 2. The summed E-state index contributed by atoms with van der Waals surface area (Å²) in [5.74, 6) is 2.33. The molecule has 0 aliphatic carbocycles. The van der Waals surface area contributed by atoms with Crippen LogP contribution in [0.15, 0.2) is 54.9 Å². The molecule has 32 heavy (non-hydrogen) atoms. The molecule has 0 N–H and O–H groups in total. The molecule has 166 valence electrons. The van der Waals surface area contributed by atoms with Crippen LogP contribution in [0.5, 0.6) is 0 Å². The van der Waals surface area contributed by atoms with Gasteiger partial charge in [0.25, 0.3) is 0 Å². The van der Waals surface area contributed by atoms with Crippen LogP contribution in [0.1, 0.15) is 38.1 Å². The average Bonchev–Trinajstić information content (AvgIpc) is 3.39. The molecule has 0 spiro atoms. The molecule has 2 aromatic carbocycles. The lowest BCUT2D eigenvalue weighted by atomic mass is 9.99. The number of imidazole rings is 2. The van der Waals surface area contributed by atoms with Crippen molar-refractivity contribution in [1.82, 2.24) is 24.0 Å². The van der Waals surface area contributed by atoms with E-state index in [0.29, 0.717) is 6.54 Å². The summed E-state index contributed by atoms with van der Waals surface area (Å²) in [5.41, 5.74) is 4.29. The maximum atomic E-state index is 13.7. The summed E-state index contributed by atoms with van der Waals surface area (Å²) in [7, 11) is 0. The molecule has 0 atom stereocenters. The molecule has 1 aliphatic heterocycles. The van der Waals surface area contributed by atoms with Crippen molar-refractivity contribution in [2.45, 2.75) is 46.3 Å². The molecule has 0 bridgehead atoms. The minimum atomic E-state index is -0.256. The van der Waals surface area contributed by atoms with E-state index >= 15 is 0 Å². The van der Waals surface area contributed by atoms with Gasteiger partial charge in [-0.25, -0.2) is 14.4 Å². The first-order chi connectivity index (χ1) is 15.6. The lowest BCUT2D eigenvalue weighted by molar-refractivity contribution is 0.185. The molecule has 1 aliphatic rings. The summed E-state index contributed by atoms with van der Waals surface area (Å²) < 4.78 is 18.0. The van der Waals surface area contributed by atoms with Crippen molar-refractivity contribution >= 4 is 11.0 Å². The number of aryl methyl sites for hydroxylation is 1. The number of rotatable bonds is 6. The number of hydrogen-bond acceptors (Lipinski definition) is 3. The number of nitrogens with zero attached hydrogens (tertiary/aromatic N) is 5. The van der Waals surface area contributed by atoms with Crippen LogP contribution >= 0.6 is 0 Å². The van der Waals surface area contributed by atoms with Crippen molar-refractivity contribution in [1.29, 1.82) is 0 Å². The van der Waals surface area contributed by atoms with E-state index < -0.39 is 0 Å². The largest absolute Gasteiger partial charge is 0.327 e. The molecule has 0 unspecified atom stereocenters. The van der Waals surface area contributed by atoms with E-state index in [2.05, 4.69) is 46.5 Å². The summed E-state index contributed by atoms with van der Waals surface area (Å²) in [5, 5.41) is 0. The van der Waals surface area contributed by atoms with Gasteiger partial charge in [-0.05, 0) is 68.6 Å². The predicted molar refractivity (Wildman–Crippen MR) is 126 cm³/mol. The van der Waals surface area contributed by atoms with Gasteiger partial charge in [0, 0.05) is 31.0 Å². The predicted octanol–water partition coefficient (Wildman–Crippen LogP) is 5.34. The van der Waals surface area contributed by atoms with Gasteiger partial charge in [0.1, 0.15) is 17.5 Å². The van der Waals surface area contributed by atoms with Gasteiger partial charge in [-0.1, -0.05) is 25.1 Å². The Hall–Kier alpha value is -2.99. The monoisotopic (exact) mass is 431 g/mol. The quantitative estimate of drug-likeness (QED) is 0.414. The van der Waals surface area contributed by atoms with Crippen molar-refractivity contribution in [3.8, 4) is 11.4 Å². The summed E-state index contributed by atoms with van der Waals surface area (Å²) in [6, 6.07) is 13.3. The Bertz CT molecular complexity index is 1220. The maximum Gasteiger partial charge on any atom is 0.140 e. The van der Waals surface area contributed by atoms with Crippen molar-refractivity contribution in [3.63, 3.8) is 0 Å². The normalized spacial score (nSPS) is 15.6. The van der Waals surface area contributed by atoms with E-state index in [1.807, 2.05) is 16.8 Å². The van der Waals surface area contributed by atoms with Crippen LogP contribution in [0.2, 0.25) is 0 Å². The molecular weight excluding hydrogens is 401 g/mol. The fourth-order valence-electron chi connectivity index (χ4n) is 4.75. The van der Waals surface area contributed by atoms with Crippen LogP contribution in [0.25, 0.3) is 22.4 Å². The van der Waals surface area contributed by atoms with E-state index in [0.717, 1.165) is 47.3 Å². The molecular formula is C26H30FN5. The average molecular weight is 432 g/mol. The Morgan fingerprint density at radius 2 is 1.91 bits per heavy atom. The van der Waals surface area contributed by atoms with Crippen LogP contribution in [0.3, 0.4) is 0 Å². The third-order valence-corrected chi connectivity index (χ3v) is 6.60. The smallest absolute Gasteiger partial charge is 0.140 e. The summed E-state index contributed by atoms with van der Waals surface area (Å²) in [4.78, 5) is 12.0. The molecule has 1 fully saturated rings. The van der Waals surface area contributed by atoms with Gasteiger partial charge in [-0.2, -0.15) is 0 Å². The zero-order valence-electron chi connectivity index (χ0n) is 18.8. The molecule has 0 amide bonds. The molecule has 4 aromatic rings. The fourth-order valence-corrected chi connectivity index (χ4v) is 4.75. The first-order valence-electron chi connectivity index (χ1n) is 11.6. The molecule has 6 heteroatoms. The standard InChI is InChI=1S/C26H30FN5/c1-3-32-24-8-7-20(17-30-12-9-19(2)10-13-30)15-23(24)29-25(32)18-31-14-11-28-26(31)21-5-4-6-22(27)16-21/h4-8,11,14-16,19H,3,9-10,12-13,17-18H2,1-2H3.